The van der Waals surface area contributed by atoms with Crippen molar-refractivity contribution >= 4 is 51.8 Å². The van der Waals surface area contributed by atoms with Gasteiger partial charge in [-0.25, -0.2) is 18.4 Å². The van der Waals surface area contributed by atoms with Crippen molar-refractivity contribution in [3.05, 3.63) is 71.8 Å². The molecule has 1 fully saturated rings. The predicted octanol–water partition coefficient (Wildman–Crippen LogP) is 7.09. The first kappa shape index (κ1) is 33.3. The summed E-state index contributed by atoms with van der Waals surface area (Å²) in [5.41, 5.74) is 4.44. The van der Waals surface area contributed by atoms with Crippen molar-refractivity contribution in [3.63, 3.8) is 0 Å². The van der Waals surface area contributed by atoms with Gasteiger partial charge in [-0.15, -0.1) is 0 Å². The van der Waals surface area contributed by atoms with Crippen LogP contribution < -0.4 is 4.74 Å². The maximum atomic E-state index is 12.1. The van der Waals surface area contributed by atoms with Crippen LogP contribution in [0.4, 0.5) is 0 Å². The SMILES string of the molecule is C=CS(=O)(=O)N1CCC(Cn2cc(-c3cnc4ccc(Oc5ccc6nc(C)n(COCC[Si](C)(C)C)c6c5)c(Cl)c4n3)cn2)CC1. The molecule has 3 aromatic heterocycles. The number of ether oxygens (including phenoxy) is 2. The molecule has 248 valence electrons. The highest BCUT2D eigenvalue weighted by atomic mass is 35.5. The standard InChI is InChI=1S/C33H40ClN7O4SSi/c1-6-46(42,43)40-13-11-24(12-14-40)20-39-21-25(18-36-39)29-19-35-28-9-10-31(32(34)33(28)38-29)45-26-7-8-27-30(17-26)41(23(2)37-27)22-44-15-16-47(3,4)5/h6-10,17-19,21,24H,1,11-16,20,22H2,2-5H3. The Morgan fingerprint density at radius 2 is 1.85 bits per heavy atom. The molecule has 0 radical (unpaired) electrons. The largest absolute Gasteiger partial charge is 0.456 e. The van der Waals surface area contributed by atoms with Gasteiger partial charge in [0.2, 0.25) is 10.0 Å². The average molecular weight is 694 g/mol. The Balaban J connectivity index is 1.16. The van der Waals surface area contributed by atoms with Crippen LogP contribution in [0, 0.1) is 12.8 Å². The van der Waals surface area contributed by atoms with Crippen LogP contribution in [-0.4, -0.2) is 69.8 Å². The molecule has 0 spiro atoms. The van der Waals surface area contributed by atoms with Crippen LogP contribution in [-0.2, 0) is 28.0 Å². The summed E-state index contributed by atoms with van der Waals surface area (Å²) >= 11 is 6.88. The zero-order valence-corrected chi connectivity index (χ0v) is 29.8. The zero-order chi connectivity index (χ0) is 33.3. The Kier molecular flexibility index (Phi) is 9.54. The smallest absolute Gasteiger partial charge is 0.235 e. The fourth-order valence-electron chi connectivity index (χ4n) is 5.67. The summed E-state index contributed by atoms with van der Waals surface area (Å²) in [4.78, 5) is 14.1. The van der Waals surface area contributed by atoms with Crippen LogP contribution in [0.5, 0.6) is 11.5 Å². The van der Waals surface area contributed by atoms with Crippen LogP contribution in [0.3, 0.4) is 0 Å². The quantitative estimate of drug-likeness (QED) is 0.100. The molecular formula is C33H40ClN7O4SSi. The zero-order valence-electron chi connectivity index (χ0n) is 27.2. The van der Waals surface area contributed by atoms with Crippen molar-refractivity contribution in [2.24, 2.45) is 5.92 Å². The first-order chi connectivity index (χ1) is 22.4. The van der Waals surface area contributed by atoms with Crippen LogP contribution in [0.25, 0.3) is 33.3 Å². The Labute approximate surface area is 281 Å². The maximum absolute atomic E-state index is 12.1. The number of piperidine rings is 1. The van der Waals surface area contributed by atoms with Gasteiger partial charge in [-0.2, -0.15) is 9.40 Å². The Bertz CT molecular complexity index is 2030. The second-order valence-electron chi connectivity index (χ2n) is 13.2. The van der Waals surface area contributed by atoms with Gasteiger partial charge in [-0.1, -0.05) is 37.8 Å². The number of aryl methyl sites for hydroxylation is 1. The molecule has 14 heteroatoms. The van der Waals surface area contributed by atoms with Crippen molar-refractivity contribution in [1.29, 1.82) is 0 Å². The normalized spacial score (nSPS) is 15.1. The number of nitrogens with zero attached hydrogens (tertiary/aromatic N) is 7. The summed E-state index contributed by atoms with van der Waals surface area (Å²) in [5, 5.41) is 5.93. The summed E-state index contributed by atoms with van der Waals surface area (Å²) in [5.74, 6) is 2.30. The molecule has 47 heavy (non-hydrogen) atoms. The second-order valence-corrected chi connectivity index (χ2v) is 21.1. The molecule has 2 aromatic carbocycles. The van der Waals surface area contributed by atoms with Crippen molar-refractivity contribution in [3.8, 4) is 22.8 Å². The van der Waals surface area contributed by atoms with Gasteiger partial charge in [0.25, 0.3) is 0 Å². The molecule has 4 heterocycles. The highest BCUT2D eigenvalue weighted by molar-refractivity contribution is 7.92. The summed E-state index contributed by atoms with van der Waals surface area (Å²) in [7, 11) is -4.55. The Morgan fingerprint density at radius 3 is 2.60 bits per heavy atom. The molecule has 0 bridgehead atoms. The average Bonchev–Trinajstić information content (AvgIpc) is 3.63. The third-order valence-electron chi connectivity index (χ3n) is 8.49. The number of aromatic nitrogens is 6. The van der Waals surface area contributed by atoms with Gasteiger partial charge in [0.1, 0.15) is 34.6 Å². The van der Waals surface area contributed by atoms with E-state index in [0.29, 0.717) is 65.5 Å². The predicted molar refractivity (Wildman–Crippen MR) is 188 cm³/mol. The summed E-state index contributed by atoms with van der Waals surface area (Å²) in [6.07, 6.45) is 6.93. The van der Waals surface area contributed by atoms with E-state index in [9.17, 15) is 8.42 Å². The first-order valence-electron chi connectivity index (χ1n) is 15.7. The lowest BCUT2D eigenvalue weighted by atomic mass is 9.98. The molecule has 5 aromatic rings. The van der Waals surface area contributed by atoms with Gasteiger partial charge in [0, 0.05) is 57.5 Å². The van der Waals surface area contributed by atoms with E-state index in [1.54, 1.807) is 18.5 Å². The van der Waals surface area contributed by atoms with Crippen molar-refractivity contribution in [2.75, 3.05) is 19.7 Å². The number of hydrogen-bond donors (Lipinski definition) is 0. The minimum absolute atomic E-state index is 0.320. The number of sulfonamides is 1. The van der Waals surface area contributed by atoms with E-state index in [-0.39, 0.29) is 0 Å². The maximum Gasteiger partial charge on any atom is 0.235 e. The van der Waals surface area contributed by atoms with Crippen molar-refractivity contribution in [2.45, 2.75) is 58.7 Å². The minimum atomic E-state index is -3.38. The molecule has 0 unspecified atom stereocenters. The first-order valence-corrected chi connectivity index (χ1v) is 21.3. The number of hydrogen-bond acceptors (Lipinski definition) is 8. The fraction of sp³-hybridized carbons (Fsp3) is 0.394. The Hall–Kier alpha value is -3.62. The molecular weight excluding hydrogens is 654 g/mol. The van der Waals surface area contributed by atoms with Gasteiger partial charge in [-0.05, 0) is 56.0 Å². The number of fused-ring (bicyclic) bond motifs is 2. The molecule has 0 saturated carbocycles. The summed E-state index contributed by atoms with van der Waals surface area (Å²) < 4.78 is 41.9. The van der Waals surface area contributed by atoms with Crippen molar-refractivity contribution < 1.29 is 17.9 Å². The van der Waals surface area contributed by atoms with E-state index < -0.39 is 18.1 Å². The molecule has 0 amide bonds. The number of halogens is 1. The highest BCUT2D eigenvalue weighted by Gasteiger charge is 2.26. The van der Waals surface area contributed by atoms with E-state index in [1.165, 1.54) is 4.31 Å². The molecule has 1 aliphatic rings. The van der Waals surface area contributed by atoms with Gasteiger partial charge >= 0.3 is 0 Å². The van der Waals surface area contributed by atoms with Gasteiger partial charge in [0.15, 0.2) is 0 Å². The van der Waals surface area contributed by atoms with E-state index in [4.69, 9.17) is 31.0 Å². The molecule has 6 rings (SSSR count). The summed E-state index contributed by atoms with van der Waals surface area (Å²) in [6.45, 7) is 15.2. The highest BCUT2D eigenvalue weighted by Crippen LogP contribution is 2.36. The molecule has 0 atom stereocenters. The molecule has 1 saturated heterocycles. The van der Waals surface area contributed by atoms with E-state index in [2.05, 4.69) is 40.9 Å². The number of rotatable bonds is 12. The lowest BCUT2D eigenvalue weighted by molar-refractivity contribution is 0.0885. The van der Waals surface area contributed by atoms with E-state index >= 15 is 0 Å². The fourth-order valence-corrected chi connectivity index (χ4v) is 7.59. The van der Waals surface area contributed by atoms with Gasteiger partial charge in [-0.3, -0.25) is 9.67 Å². The lowest BCUT2D eigenvalue weighted by Crippen LogP contribution is -2.38. The molecule has 0 aliphatic carbocycles. The van der Waals surface area contributed by atoms with E-state index in [1.807, 2.05) is 42.1 Å². The number of imidazole rings is 1. The van der Waals surface area contributed by atoms with Crippen LogP contribution in [0.15, 0.2) is 60.9 Å². The molecule has 1 aliphatic heterocycles. The lowest BCUT2D eigenvalue weighted by Gasteiger charge is -2.30. The van der Waals surface area contributed by atoms with E-state index in [0.717, 1.165) is 53.3 Å². The minimum Gasteiger partial charge on any atom is -0.456 e. The van der Waals surface area contributed by atoms with Crippen LogP contribution >= 0.6 is 11.6 Å². The van der Waals surface area contributed by atoms with Crippen LogP contribution in [0.2, 0.25) is 30.7 Å². The van der Waals surface area contributed by atoms with Crippen LogP contribution in [0.1, 0.15) is 18.7 Å². The monoisotopic (exact) mass is 693 g/mol. The third-order valence-corrected chi connectivity index (χ3v) is 12.1. The van der Waals surface area contributed by atoms with Gasteiger partial charge in [0.05, 0.1) is 34.6 Å². The molecule has 0 N–H and O–H groups in total. The topological polar surface area (TPSA) is 117 Å². The summed E-state index contributed by atoms with van der Waals surface area (Å²) in [6, 6.07) is 10.5. The Morgan fingerprint density at radius 1 is 1.09 bits per heavy atom. The van der Waals surface area contributed by atoms with Gasteiger partial charge < -0.3 is 14.0 Å². The third kappa shape index (κ3) is 7.59. The second kappa shape index (κ2) is 13.5. The van der Waals surface area contributed by atoms with Crippen molar-refractivity contribution in [1.82, 2.24) is 33.6 Å². The number of benzene rings is 2. The molecule has 11 nitrogen and oxygen atoms in total.